The number of hydrogen-bond donors (Lipinski definition) is 2. The molecule has 0 saturated carbocycles. The van der Waals surface area contributed by atoms with Crippen molar-refractivity contribution >= 4 is 29.4 Å². The smallest absolute Gasteiger partial charge is 0.312 e. The molecule has 0 atom stereocenters. The van der Waals surface area contributed by atoms with Crippen LogP contribution in [-0.2, 0) is 10.2 Å². The average molecular weight is 406 g/mol. The number of benzene rings is 2. The van der Waals surface area contributed by atoms with Crippen molar-refractivity contribution in [2.24, 2.45) is 5.10 Å². The van der Waals surface area contributed by atoms with E-state index in [9.17, 15) is 20.0 Å². The molecule has 0 bridgehead atoms. The van der Waals surface area contributed by atoms with Gasteiger partial charge in [0.1, 0.15) is 5.75 Å². The predicted octanol–water partition coefficient (Wildman–Crippen LogP) is 3.78. The standard InChI is InChI=1S/C19H20ClN3O5/c1-19(2,3)13-4-6-16(24)12(8-13)10-21-22-18(25)11-28-17-7-5-14(20)9-15(17)23(26)27/h4-10,24H,11H2,1-3H3,(H,22,25)/b21-10-. The number of phenolic OH excluding ortho intramolecular Hbond substituents is 1. The van der Waals surface area contributed by atoms with Gasteiger partial charge in [-0.3, -0.25) is 14.9 Å². The topological polar surface area (TPSA) is 114 Å². The molecule has 8 nitrogen and oxygen atoms in total. The van der Waals surface area contributed by atoms with Gasteiger partial charge in [-0.25, -0.2) is 5.43 Å². The highest BCUT2D eigenvalue weighted by molar-refractivity contribution is 6.30. The molecule has 0 radical (unpaired) electrons. The molecular formula is C19H20ClN3O5. The van der Waals surface area contributed by atoms with Crippen molar-refractivity contribution in [2.75, 3.05) is 6.61 Å². The second-order valence-electron chi connectivity index (χ2n) is 6.97. The van der Waals surface area contributed by atoms with Crippen LogP contribution in [0.15, 0.2) is 41.5 Å². The van der Waals surface area contributed by atoms with Gasteiger partial charge in [0.25, 0.3) is 5.91 Å². The molecule has 9 heteroatoms. The Morgan fingerprint density at radius 3 is 2.68 bits per heavy atom. The first kappa shape index (κ1) is 21.2. The third kappa shape index (κ3) is 5.68. The second kappa shape index (κ2) is 8.71. The summed E-state index contributed by atoms with van der Waals surface area (Å²) in [6.45, 7) is 5.63. The van der Waals surface area contributed by atoms with Crippen LogP contribution in [0.25, 0.3) is 0 Å². The van der Waals surface area contributed by atoms with Crippen LogP contribution >= 0.6 is 11.6 Å². The minimum absolute atomic E-state index is 0.0269. The van der Waals surface area contributed by atoms with Gasteiger partial charge in [0, 0.05) is 16.7 Å². The Balaban J connectivity index is 1.99. The molecule has 2 aromatic rings. The number of carbonyl (C=O) groups is 1. The summed E-state index contributed by atoms with van der Waals surface area (Å²) in [6.07, 6.45) is 1.31. The maximum atomic E-state index is 11.9. The normalized spacial score (nSPS) is 11.4. The summed E-state index contributed by atoms with van der Waals surface area (Å²) in [7, 11) is 0. The lowest BCUT2D eigenvalue weighted by molar-refractivity contribution is -0.385. The first-order valence-electron chi connectivity index (χ1n) is 8.30. The molecule has 0 unspecified atom stereocenters. The zero-order valence-corrected chi connectivity index (χ0v) is 16.4. The number of hydrogen-bond acceptors (Lipinski definition) is 6. The number of rotatable bonds is 6. The van der Waals surface area contributed by atoms with Gasteiger partial charge in [-0.1, -0.05) is 38.4 Å². The van der Waals surface area contributed by atoms with Gasteiger partial charge in [0.05, 0.1) is 11.1 Å². The van der Waals surface area contributed by atoms with Crippen LogP contribution in [0.2, 0.25) is 5.02 Å². The Hall–Kier alpha value is -3.13. The lowest BCUT2D eigenvalue weighted by Crippen LogP contribution is -2.24. The SMILES string of the molecule is CC(C)(C)c1ccc(O)c(/C=N\NC(=O)COc2ccc(Cl)cc2[N+](=O)[O-])c1. The van der Waals surface area contributed by atoms with E-state index in [-0.39, 0.29) is 27.6 Å². The molecule has 0 aromatic heterocycles. The molecular weight excluding hydrogens is 386 g/mol. The van der Waals surface area contributed by atoms with E-state index < -0.39 is 17.4 Å². The molecule has 0 spiro atoms. The maximum Gasteiger partial charge on any atom is 0.312 e. The zero-order valence-electron chi connectivity index (χ0n) is 15.6. The van der Waals surface area contributed by atoms with Gasteiger partial charge in [0.15, 0.2) is 12.4 Å². The van der Waals surface area contributed by atoms with Crippen molar-refractivity contribution in [1.29, 1.82) is 0 Å². The van der Waals surface area contributed by atoms with Crippen molar-refractivity contribution in [3.63, 3.8) is 0 Å². The number of nitrogens with one attached hydrogen (secondary N) is 1. The van der Waals surface area contributed by atoms with Crippen molar-refractivity contribution in [2.45, 2.75) is 26.2 Å². The number of carbonyl (C=O) groups excluding carboxylic acids is 1. The van der Waals surface area contributed by atoms with Crippen LogP contribution in [0.1, 0.15) is 31.9 Å². The number of nitro groups is 1. The Kier molecular flexibility index (Phi) is 6.58. The molecule has 0 aliphatic carbocycles. The molecule has 0 aliphatic rings. The Morgan fingerprint density at radius 2 is 2.04 bits per heavy atom. The number of ether oxygens (including phenoxy) is 1. The third-order valence-corrected chi connectivity index (χ3v) is 4.00. The number of aromatic hydroxyl groups is 1. The second-order valence-corrected chi connectivity index (χ2v) is 7.41. The quantitative estimate of drug-likeness (QED) is 0.431. The highest BCUT2D eigenvalue weighted by Gasteiger charge is 2.17. The molecule has 0 heterocycles. The van der Waals surface area contributed by atoms with E-state index in [4.69, 9.17) is 16.3 Å². The van der Waals surface area contributed by atoms with E-state index in [0.717, 1.165) is 11.6 Å². The van der Waals surface area contributed by atoms with Gasteiger partial charge in [-0.15, -0.1) is 0 Å². The molecule has 0 aliphatic heterocycles. The molecule has 28 heavy (non-hydrogen) atoms. The predicted molar refractivity (Wildman–Crippen MR) is 106 cm³/mol. The van der Waals surface area contributed by atoms with Crippen molar-refractivity contribution in [3.8, 4) is 11.5 Å². The van der Waals surface area contributed by atoms with Crippen LogP contribution in [0, 0.1) is 10.1 Å². The van der Waals surface area contributed by atoms with E-state index in [1.165, 1.54) is 18.3 Å². The zero-order chi connectivity index (χ0) is 20.9. The summed E-state index contributed by atoms with van der Waals surface area (Å²) >= 11 is 5.72. The van der Waals surface area contributed by atoms with Crippen LogP contribution in [0.4, 0.5) is 5.69 Å². The largest absolute Gasteiger partial charge is 0.507 e. The molecule has 1 amide bonds. The van der Waals surface area contributed by atoms with Crippen LogP contribution < -0.4 is 10.2 Å². The van der Waals surface area contributed by atoms with E-state index >= 15 is 0 Å². The highest BCUT2D eigenvalue weighted by atomic mass is 35.5. The van der Waals surface area contributed by atoms with Crippen molar-refractivity contribution < 1.29 is 19.6 Å². The molecule has 0 saturated heterocycles. The fourth-order valence-electron chi connectivity index (χ4n) is 2.23. The molecule has 2 aromatic carbocycles. The first-order chi connectivity index (χ1) is 13.1. The molecule has 0 fully saturated rings. The van der Waals surface area contributed by atoms with E-state index in [1.807, 2.05) is 26.8 Å². The Labute approximate surface area is 166 Å². The number of nitro benzene ring substituents is 1. The van der Waals surface area contributed by atoms with Gasteiger partial charge < -0.3 is 9.84 Å². The van der Waals surface area contributed by atoms with Crippen LogP contribution in [0.5, 0.6) is 11.5 Å². The van der Waals surface area contributed by atoms with Crippen LogP contribution in [0.3, 0.4) is 0 Å². The summed E-state index contributed by atoms with van der Waals surface area (Å²) in [6, 6.07) is 9.03. The monoisotopic (exact) mass is 405 g/mol. The third-order valence-electron chi connectivity index (χ3n) is 3.76. The van der Waals surface area contributed by atoms with Crippen molar-refractivity contribution in [1.82, 2.24) is 5.43 Å². The van der Waals surface area contributed by atoms with E-state index in [1.54, 1.807) is 12.1 Å². The van der Waals surface area contributed by atoms with Gasteiger partial charge in [0.2, 0.25) is 0 Å². The van der Waals surface area contributed by atoms with Gasteiger partial charge in [-0.2, -0.15) is 5.10 Å². The number of nitrogens with zero attached hydrogens (tertiary/aromatic N) is 2. The van der Waals surface area contributed by atoms with Crippen molar-refractivity contribution in [3.05, 3.63) is 62.7 Å². The number of hydrazone groups is 1. The summed E-state index contributed by atoms with van der Waals surface area (Å²) < 4.78 is 5.17. The minimum atomic E-state index is -0.651. The van der Waals surface area contributed by atoms with E-state index in [0.29, 0.717) is 5.56 Å². The summed E-state index contributed by atoms with van der Waals surface area (Å²) in [5.41, 5.74) is 3.24. The molecule has 2 rings (SSSR count). The number of phenols is 1. The van der Waals surface area contributed by atoms with Gasteiger partial charge >= 0.3 is 5.69 Å². The fraction of sp³-hybridized carbons (Fsp3) is 0.263. The van der Waals surface area contributed by atoms with Gasteiger partial charge in [-0.05, 0) is 35.2 Å². The Bertz CT molecular complexity index is 922. The lowest BCUT2D eigenvalue weighted by atomic mass is 9.86. The number of amides is 1. The summed E-state index contributed by atoms with van der Waals surface area (Å²) in [5.74, 6) is -0.671. The van der Waals surface area contributed by atoms with Crippen LogP contribution in [-0.4, -0.2) is 28.8 Å². The maximum absolute atomic E-state index is 11.9. The first-order valence-corrected chi connectivity index (χ1v) is 8.68. The molecule has 2 N–H and O–H groups in total. The Morgan fingerprint density at radius 1 is 1.32 bits per heavy atom. The lowest BCUT2D eigenvalue weighted by Gasteiger charge is -2.19. The average Bonchev–Trinajstić information content (AvgIpc) is 2.61. The molecule has 148 valence electrons. The fourth-order valence-corrected chi connectivity index (χ4v) is 2.40. The van der Waals surface area contributed by atoms with E-state index in [2.05, 4.69) is 10.5 Å². The number of halogens is 1. The summed E-state index contributed by atoms with van der Waals surface area (Å²) in [5, 5.41) is 24.9. The summed E-state index contributed by atoms with van der Waals surface area (Å²) in [4.78, 5) is 22.2. The highest BCUT2D eigenvalue weighted by Crippen LogP contribution is 2.30. The minimum Gasteiger partial charge on any atom is -0.507 e.